The van der Waals surface area contributed by atoms with Gasteiger partial charge in [0.15, 0.2) is 16.7 Å². The summed E-state index contributed by atoms with van der Waals surface area (Å²) >= 11 is 5.91. The van der Waals surface area contributed by atoms with Gasteiger partial charge in [0.25, 0.3) is 0 Å². The maximum atomic E-state index is 5.91. The highest BCUT2D eigenvalue weighted by atomic mass is 35.5. The molecule has 4 nitrogen and oxygen atoms in total. The molecule has 0 aliphatic rings. The molecule has 1 aromatic carbocycles. The van der Waals surface area contributed by atoms with Crippen LogP contribution in [0.1, 0.15) is 16.7 Å². The Morgan fingerprint density at radius 3 is 2.42 bits per heavy atom. The SMILES string of the molecule is COc1cc(C)ccc1Oc1nnc(Cl)c(C)c1C. The van der Waals surface area contributed by atoms with Gasteiger partial charge in [0.1, 0.15) is 0 Å². The van der Waals surface area contributed by atoms with Crippen LogP contribution < -0.4 is 9.47 Å². The number of benzene rings is 1. The molecule has 1 aromatic heterocycles. The molecule has 0 radical (unpaired) electrons. The Kier molecular flexibility index (Phi) is 3.90. The highest BCUT2D eigenvalue weighted by Crippen LogP contribution is 2.33. The molecule has 0 aliphatic heterocycles. The lowest BCUT2D eigenvalue weighted by Crippen LogP contribution is -1.99. The minimum absolute atomic E-state index is 0.390. The molecule has 0 fully saturated rings. The van der Waals surface area contributed by atoms with E-state index < -0.39 is 0 Å². The third kappa shape index (κ3) is 2.79. The molecule has 1 heterocycles. The molecular weight excluding hydrogens is 264 g/mol. The van der Waals surface area contributed by atoms with Crippen molar-refractivity contribution in [1.82, 2.24) is 10.2 Å². The summed E-state index contributed by atoms with van der Waals surface area (Å²) in [6, 6.07) is 5.70. The van der Waals surface area contributed by atoms with E-state index in [2.05, 4.69) is 10.2 Å². The average Bonchev–Trinajstić information content (AvgIpc) is 2.41. The first-order valence-electron chi connectivity index (χ1n) is 5.84. The van der Waals surface area contributed by atoms with Gasteiger partial charge in [-0.3, -0.25) is 0 Å². The smallest absolute Gasteiger partial charge is 0.242 e. The molecule has 0 spiro atoms. The van der Waals surface area contributed by atoms with E-state index in [9.17, 15) is 0 Å². The zero-order chi connectivity index (χ0) is 14.0. The summed E-state index contributed by atoms with van der Waals surface area (Å²) in [5.41, 5.74) is 2.82. The fraction of sp³-hybridized carbons (Fsp3) is 0.286. The van der Waals surface area contributed by atoms with E-state index in [1.54, 1.807) is 7.11 Å². The molecular formula is C14H15ClN2O2. The van der Waals surface area contributed by atoms with Gasteiger partial charge in [-0.25, -0.2) is 0 Å². The highest BCUT2D eigenvalue weighted by molar-refractivity contribution is 6.30. The van der Waals surface area contributed by atoms with Crippen molar-refractivity contribution in [3.8, 4) is 17.4 Å². The Morgan fingerprint density at radius 2 is 1.74 bits per heavy atom. The Balaban J connectivity index is 2.39. The highest BCUT2D eigenvalue weighted by Gasteiger charge is 2.12. The molecule has 0 aliphatic carbocycles. The molecule has 19 heavy (non-hydrogen) atoms. The summed E-state index contributed by atoms with van der Waals surface area (Å²) in [5.74, 6) is 1.70. The molecule has 0 unspecified atom stereocenters. The molecule has 2 aromatic rings. The number of ether oxygens (including phenoxy) is 2. The first-order chi connectivity index (χ1) is 9.02. The molecule has 2 rings (SSSR count). The van der Waals surface area contributed by atoms with Crippen LogP contribution in [0.25, 0.3) is 0 Å². The normalized spacial score (nSPS) is 10.4. The maximum Gasteiger partial charge on any atom is 0.242 e. The third-order valence-electron chi connectivity index (χ3n) is 2.95. The number of hydrogen-bond donors (Lipinski definition) is 0. The predicted molar refractivity (Wildman–Crippen MR) is 74.3 cm³/mol. The van der Waals surface area contributed by atoms with E-state index in [4.69, 9.17) is 21.1 Å². The molecule has 0 saturated carbocycles. The van der Waals surface area contributed by atoms with Gasteiger partial charge in [0.05, 0.1) is 7.11 Å². The minimum Gasteiger partial charge on any atom is -0.493 e. The molecule has 100 valence electrons. The number of aromatic nitrogens is 2. The van der Waals surface area contributed by atoms with Crippen LogP contribution in [0.4, 0.5) is 0 Å². The fourth-order valence-electron chi connectivity index (χ4n) is 1.61. The zero-order valence-corrected chi connectivity index (χ0v) is 12.1. The van der Waals surface area contributed by atoms with Crippen molar-refractivity contribution in [2.75, 3.05) is 7.11 Å². The van der Waals surface area contributed by atoms with Crippen LogP contribution in [0, 0.1) is 20.8 Å². The number of aryl methyl sites for hydroxylation is 1. The van der Waals surface area contributed by atoms with Gasteiger partial charge in [-0.15, -0.1) is 10.2 Å². The van der Waals surface area contributed by atoms with E-state index >= 15 is 0 Å². The minimum atomic E-state index is 0.390. The predicted octanol–water partition coefficient (Wildman–Crippen LogP) is 3.86. The first kappa shape index (κ1) is 13.6. The van der Waals surface area contributed by atoms with E-state index in [1.807, 2.05) is 39.0 Å². The molecule has 0 N–H and O–H groups in total. The van der Waals surface area contributed by atoms with Crippen molar-refractivity contribution in [2.24, 2.45) is 0 Å². The van der Waals surface area contributed by atoms with Crippen molar-refractivity contribution in [3.63, 3.8) is 0 Å². The van der Waals surface area contributed by atoms with Gasteiger partial charge in [0, 0.05) is 5.56 Å². The number of nitrogens with zero attached hydrogens (tertiary/aromatic N) is 2. The molecule has 0 bridgehead atoms. The van der Waals surface area contributed by atoms with Crippen LogP contribution in [0.5, 0.6) is 17.4 Å². The van der Waals surface area contributed by atoms with Gasteiger partial charge in [-0.2, -0.15) is 0 Å². The first-order valence-corrected chi connectivity index (χ1v) is 6.22. The van der Waals surface area contributed by atoms with E-state index in [0.29, 0.717) is 22.5 Å². The molecule has 0 amide bonds. The van der Waals surface area contributed by atoms with Crippen LogP contribution in [0.15, 0.2) is 18.2 Å². The van der Waals surface area contributed by atoms with Crippen LogP contribution in [-0.2, 0) is 0 Å². The number of rotatable bonds is 3. The molecule has 5 heteroatoms. The summed E-state index contributed by atoms with van der Waals surface area (Å²) < 4.78 is 11.1. The molecule has 0 atom stereocenters. The van der Waals surface area contributed by atoms with Crippen molar-refractivity contribution in [3.05, 3.63) is 40.0 Å². The van der Waals surface area contributed by atoms with Crippen molar-refractivity contribution < 1.29 is 9.47 Å². The Labute approximate surface area is 117 Å². The second-order valence-corrected chi connectivity index (χ2v) is 4.66. The Morgan fingerprint density at radius 1 is 1.00 bits per heavy atom. The van der Waals surface area contributed by atoms with Crippen LogP contribution >= 0.6 is 11.6 Å². The lowest BCUT2D eigenvalue weighted by atomic mass is 10.2. The summed E-state index contributed by atoms with van der Waals surface area (Å²) in [6.45, 7) is 5.77. The quantitative estimate of drug-likeness (QED) is 0.855. The third-order valence-corrected chi connectivity index (χ3v) is 3.31. The van der Waals surface area contributed by atoms with Crippen LogP contribution in [-0.4, -0.2) is 17.3 Å². The second-order valence-electron chi connectivity index (χ2n) is 4.30. The summed E-state index contributed by atoms with van der Waals surface area (Å²) in [7, 11) is 1.60. The fourth-order valence-corrected chi connectivity index (χ4v) is 1.79. The van der Waals surface area contributed by atoms with Gasteiger partial charge in [-0.1, -0.05) is 17.7 Å². The topological polar surface area (TPSA) is 44.2 Å². The maximum absolute atomic E-state index is 5.91. The van der Waals surface area contributed by atoms with Crippen molar-refractivity contribution in [2.45, 2.75) is 20.8 Å². The van der Waals surface area contributed by atoms with Gasteiger partial charge in [0.2, 0.25) is 5.88 Å². The summed E-state index contributed by atoms with van der Waals surface area (Å²) in [4.78, 5) is 0. The largest absolute Gasteiger partial charge is 0.493 e. The standard InChI is InChI=1S/C14H15ClN2O2/c1-8-5-6-11(12(7-8)18-4)19-14-10(3)9(2)13(15)16-17-14/h5-7H,1-4H3. The van der Waals surface area contributed by atoms with Gasteiger partial charge < -0.3 is 9.47 Å². The zero-order valence-electron chi connectivity index (χ0n) is 11.3. The number of methoxy groups -OCH3 is 1. The van der Waals surface area contributed by atoms with Crippen molar-refractivity contribution >= 4 is 11.6 Å². The average molecular weight is 279 g/mol. The molecule has 0 saturated heterocycles. The number of halogens is 1. The Bertz CT molecular complexity index is 615. The van der Waals surface area contributed by atoms with E-state index in [-0.39, 0.29) is 0 Å². The van der Waals surface area contributed by atoms with Crippen molar-refractivity contribution in [1.29, 1.82) is 0 Å². The van der Waals surface area contributed by atoms with Gasteiger partial charge in [-0.05, 0) is 44.0 Å². The lowest BCUT2D eigenvalue weighted by molar-refractivity contribution is 0.371. The van der Waals surface area contributed by atoms with Gasteiger partial charge >= 0.3 is 0 Å². The number of hydrogen-bond acceptors (Lipinski definition) is 4. The Hall–Kier alpha value is -1.81. The van der Waals surface area contributed by atoms with E-state index in [0.717, 1.165) is 16.7 Å². The van der Waals surface area contributed by atoms with Crippen LogP contribution in [0.2, 0.25) is 5.15 Å². The monoisotopic (exact) mass is 278 g/mol. The second kappa shape index (κ2) is 5.45. The van der Waals surface area contributed by atoms with E-state index in [1.165, 1.54) is 0 Å². The summed E-state index contributed by atoms with van der Waals surface area (Å²) in [6.07, 6.45) is 0. The van der Waals surface area contributed by atoms with Crippen LogP contribution in [0.3, 0.4) is 0 Å². The summed E-state index contributed by atoms with van der Waals surface area (Å²) in [5, 5.41) is 8.22. The lowest BCUT2D eigenvalue weighted by Gasteiger charge is -2.12.